The van der Waals surface area contributed by atoms with Gasteiger partial charge in [0.2, 0.25) is 0 Å². The minimum absolute atomic E-state index is 0.117. The number of nitrogens with two attached hydrogens (primary N) is 1. The van der Waals surface area contributed by atoms with Crippen molar-refractivity contribution in [1.82, 2.24) is 0 Å². The number of aliphatic hydroxyl groups excluding tert-OH is 1. The third-order valence-corrected chi connectivity index (χ3v) is 4.80. The predicted molar refractivity (Wildman–Crippen MR) is 109 cm³/mol. The molecule has 0 heterocycles. The Morgan fingerprint density at radius 2 is 1.29 bits per heavy atom. The van der Waals surface area contributed by atoms with Gasteiger partial charge in [0.15, 0.2) is 0 Å². The van der Waals surface area contributed by atoms with Gasteiger partial charge in [0.1, 0.15) is 12.1 Å². The maximum absolute atomic E-state index is 13.0. The van der Waals surface area contributed by atoms with Gasteiger partial charge in [0.25, 0.3) is 0 Å². The molecule has 0 fully saturated rings. The predicted octanol–water partition coefficient (Wildman–Crippen LogP) is 3.27. The lowest BCUT2D eigenvalue weighted by atomic mass is 9.83. The zero-order valence-electron chi connectivity index (χ0n) is 15.7. The van der Waals surface area contributed by atoms with Crippen molar-refractivity contribution in [3.63, 3.8) is 0 Å². The van der Waals surface area contributed by atoms with Crippen LogP contribution in [-0.4, -0.2) is 22.7 Å². The summed E-state index contributed by atoms with van der Waals surface area (Å²) >= 11 is 0. The van der Waals surface area contributed by atoms with Gasteiger partial charge in [-0.25, -0.2) is 4.79 Å². The molecule has 3 N–H and O–H groups in total. The van der Waals surface area contributed by atoms with Gasteiger partial charge in [-0.15, -0.1) is 0 Å². The molecule has 0 amide bonds. The highest BCUT2D eigenvalue weighted by Gasteiger charge is 2.43. The largest absolute Gasteiger partial charge is 0.459 e. The number of benzene rings is 3. The quantitative estimate of drug-likeness (QED) is 0.593. The van der Waals surface area contributed by atoms with Crippen LogP contribution in [0.2, 0.25) is 0 Å². The normalized spacial score (nSPS) is 14.1. The lowest BCUT2D eigenvalue weighted by molar-refractivity contribution is -0.156. The van der Waals surface area contributed by atoms with Crippen LogP contribution in [0.15, 0.2) is 91.0 Å². The first kappa shape index (κ1) is 19.8. The second-order valence-electron chi connectivity index (χ2n) is 6.97. The molecule has 0 saturated carbocycles. The van der Waals surface area contributed by atoms with E-state index in [1.54, 1.807) is 0 Å². The Morgan fingerprint density at radius 1 is 0.821 bits per heavy atom. The van der Waals surface area contributed by atoms with E-state index < -0.39 is 17.6 Å². The number of aliphatic hydroxyl groups is 1. The number of hydrogen-bond donors (Lipinski definition) is 2. The molecule has 144 valence electrons. The number of carbonyl (C=O) groups excluding carboxylic acids is 1. The van der Waals surface area contributed by atoms with E-state index in [-0.39, 0.29) is 19.4 Å². The Bertz CT molecular complexity index is 868. The van der Waals surface area contributed by atoms with Crippen LogP contribution in [0, 0.1) is 0 Å². The fraction of sp³-hybridized carbons (Fsp3) is 0.208. The topological polar surface area (TPSA) is 72.6 Å². The first-order valence-electron chi connectivity index (χ1n) is 9.34. The molecule has 2 unspecified atom stereocenters. The lowest BCUT2D eigenvalue weighted by Crippen LogP contribution is -2.60. The summed E-state index contributed by atoms with van der Waals surface area (Å²) in [4.78, 5) is 13.0. The van der Waals surface area contributed by atoms with Crippen molar-refractivity contribution in [2.24, 2.45) is 5.73 Å². The van der Waals surface area contributed by atoms with Crippen LogP contribution in [0.4, 0.5) is 0 Å². The van der Waals surface area contributed by atoms with Crippen LogP contribution in [-0.2, 0) is 29.0 Å². The molecule has 3 aromatic rings. The van der Waals surface area contributed by atoms with E-state index in [0.717, 1.165) is 16.7 Å². The Morgan fingerprint density at radius 3 is 1.82 bits per heavy atom. The number of rotatable bonds is 8. The summed E-state index contributed by atoms with van der Waals surface area (Å²) in [7, 11) is 0. The first-order valence-corrected chi connectivity index (χ1v) is 9.34. The highest BCUT2D eigenvalue weighted by atomic mass is 16.5. The van der Waals surface area contributed by atoms with Gasteiger partial charge < -0.3 is 15.6 Å². The zero-order chi connectivity index (χ0) is 19.8. The second-order valence-corrected chi connectivity index (χ2v) is 6.97. The average molecular weight is 375 g/mol. The number of esters is 1. The minimum atomic E-state index is -1.55. The fourth-order valence-electron chi connectivity index (χ4n) is 3.14. The minimum Gasteiger partial charge on any atom is -0.459 e. The van der Waals surface area contributed by atoms with Gasteiger partial charge in [-0.1, -0.05) is 91.0 Å². The van der Waals surface area contributed by atoms with Gasteiger partial charge in [0, 0.05) is 12.8 Å². The molecule has 0 spiro atoms. The van der Waals surface area contributed by atoms with E-state index >= 15 is 0 Å². The fourth-order valence-corrected chi connectivity index (χ4v) is 3.14. The van der Waals surface area contributed by atoms with Crippen LogP contribution in [0.3, 0.4) is 0 Å². The molecule has 2 atom stereocenters. The van der Waals surface area contributed by atoms with Crippen molar-refractivity contribution in [2.75, 3.05) is 0 Å². The second kappa shape index (κ2) is 9.31. The van der Waals surface area contributed by atoms with E-state index in [1.807, 2.05) is 91.0 Å². The van der Waals surface area contributed by atoms with Crippen molar-refractivity contribution in [3.05, 3.63) is 108 Å². The van der Waals surface area contributed by atoms with Crippen molar-refractivity contribution >= 4 is 5.97 Å². The maximum Gasteiger partial charge on any atom is 0.329 e. The smallest absolute Gasteiger partial charge is 0.329 e. The van der Waals surface area contributed by atoms with E-state index in [9.17, 15) is 9.90 Å². The molecule has 0 aliphatic carbocycles. The van der Waals surface area contributed by atoms with Crippen LogP contribution >= 0.6 is 0 Å². The van der Waals surface area contributed by atoms with Gasteiger partial charge in [-0.3, -0.25) is 0 Å². The van der Waals surface area contributed by atoms with Crippen molar-refractivity contribution in [1.29, 1.82) is 0 Å². The Labute approximate surface area is 165 Å². The zero-order valence-corrected chi connectivity index (χ0v) is 15.7. The lowest BCUT2D eigenvalue weighted by Gasteiger charge is -2.32. The monoisotopic (exact) mass is 375 g/mol. The number of carbonyl (C=O) groups is 1. The molecule has 0 saturated heterocycles. The molecule has 3 rings (SSSR count). The molecular weight excluding hydrogens is 350 g/mol. The van der Waals surface area contributed by atoms with Gasteiger partial charge in [-0.2, -0.15) is 0 Å². The summed E-state index contributed by atoms with van der Waals surface area (Å²) in [6.07, 6.45) is -0.626. The molecule has 28 heavy (non-hydrogen) atoms. The van der Waals surface area contributed by atoms with E-state index in [2.05, 4.69) is 0 Å². The summed E-state index contributed by atoms with van der Waals surface area (Å²) in [5.74, 6) is -0.608. The Balaban J connectivity index is 1.79. The van der Waals surface area contributed by atoms with Crippen molar-refractivity contribution < 1.29 is 14.6 Å². The molecule has 0 aromatic heterocycles. The highest BCUT2D eigenvalue weighted by molar-refractivity contribution is 5.82. The van der Waals surface area contributed by atoms with Crippen LogP contribution in [0.25, 0.3) is 0 Å². The third-order valence-electron chi connectivity index (χ3n) is 4.80. The number of ether oxygens (including phenoxy) is 1. The maximum atomic E-state index is 13.0. The van der Waals surface area contributed by atoms with Crippen molar-refractivity contribution in [2.45, 2.75) is 31.1 Å². The SMILES string of the molecule is NC(Cc1ccccc1)(C(=O)OCc1ccccc1)C(O)Cc1ccccc1. The van der Waals surface area contributed by atoms with Crippen LogP contribution in [0.1, 0.15) is 16.7 Å². The van der Waals surface area contributed by atoms with Gasteiger partial charge in [-0.05, 0) is 16.7 Å². The average Bonchev–Trinajstić information content (AvgIpc) is 2.74. The first-order chi connectivity index (χ1) is 13.6. The molecule has 0 aliphatic rings. The summed E-state index contributed by atoms with van der Waals surface area (Å²) in [6, 6.07) is 28.4. The summed E-state index contributed by atoms with van der Waals surface area (Å²) in [5, 5.41) is 10.9. The summed E-state index contributed by atoms with van der Waals surface area (Å²) < 4.78 is 5.50. The number of hydrogen-bond acceptors (Lipinski definition) is 4. The van der Waals surface area contributed by atoms with Gasteiger partial charge in [0.05, 0.1) is 6.10 Å². The molecule has 4 nitrogen and oxygen atoms in total. The summed E-state index contributed by atoms with van der Waals surface area (Å²) in [6.45, 7) is 0.117. The highest BCUT2D eigenvalue weighted by Crippen LogP contribution is 2.21. The van der Waals surface area contributed by atoms with E-state index in [0.29, 0.717) is 0 Å². The molecule has 0 bridgehead atoms. The molecule has 0 aliphatic heterocycles. The molecule has 3 aromatic carbocycles. The molecule has 0 radical (unpaired) electrons. The summed E-state index contributed by atoms with van der Waals surface area (Å²) in [5.41, 5.74) is 7.61. The third kappa shape index (κ3) is 5.06. The standard InChI is InChI=1S/C24H25NO3/c25-24(17-20-12-6-2-7-13-20,22(26)16-19-10-4-1-5-11-19)23(27)28-18-21-14-8-3-9-15-21/h1-15,22,26H,16-18,25H2. The molecule has 4 heteroatoms. The Kier molecular flexibility index (Phi) is 6.58. The Hall–Kier alpha value is -2.95. The van der Waals surface area contributed by atoms with Crippen LogP contribution < -0.4 is 5.73 Å². The van der Waals surface area contributed by atoms with Crippen molar-refractivity contribution in [3.8, 4) is 0 Å². The molecular formula is C24H25NO3. The van der Waals surface area contributed by atoms with E-state index in [4.69, 9.17) is 10.5 Å². The van der Waals surface area contributed by atoms with Gasteiger partial charge >= 0.3 is 5.97 Å². The van der Waals surface area contributed by atoms with E-state index in [1.165, 1.54) is 0 Å². The van der Waals surface area contributed by atoms with Crippen LogP contribution in [0.5, 0.6) is 0 Å².